The molecule has 0 unspecified atom stereocenters. The topological polar surface area (TPSA) is 52.0 Å². The zero-order chi connectivity index (χ0) is 12.5. The van der Waals surface area contributed by atoms with Crippen molar-refractivity contribution >= 4 is 27.6 Å². The first-order valence-electron chi connectivity index (χ1n) is 5.89. The molecule has 3 rings (SSSR count). The highest BCUT2D eigenvalue weighted by molar-refractivity contribution is 6.06. The third-order valence-electron chi connectivity index (χ3n) is 3.12. The second kappa shape index (κ2) is 4.08. The first kappa shape index (κ1) is 10.7. The zero-order valence-corrected chi connectivity index (χ0v) is 9.93. The van der Waals surface area contributed by atoms with E-state index in [4.69, 9.17) is 11.5 Å². The summed E-state index contributed by atoms with van der Waals surface area (Å²) in [6.07, 6.45) is 1.84. The van der Waals surface area contributed by atoms with Gasteiger partial charge in [0, 0.05) is 0 Å². The minimum absolute atomic E-state index is 0.330. The van der Waals surface area contributed by atoms with Crippen LogP contribution in [0, 0.1) is 0 Å². The second-order valence-corrected chi connectivity index (χ2v) is 4.38. The van der Waals surface area contributed by atoms with E-state index in [9.17, 15) is 0 Å². The van der Waals surface area contributed by atoms with Gasteiger partial charge in [-0.05, 0) is 39.3 Å². The monoisotopic (exact) mass is 234 g/mol. The van der Waals surface area contributed by atoms with E-state index < -0.39 is 0 Å². The highest BCUT2D eigenvalue weighted by atomic mass is 14.8. The highest BCUT2D eigenvalue weighted by Crippen LogP contribution is 2.29. The summed E-state index contributed by atoms with van der Waals surface area (Å²) in [5, 5.41) is 4.74. The van der Waals surface area contributed by atoms with Gasteiger partial charge in [0.15, 0.2) is 0 Å². The fraction of sp³-hybridized carbons (Fsp3) is 0. The molecule has 0 bridgehead atoms. The number of hydrogen-bond acceptors (Lipinski definition) is 2. The number of nitrogens with two attached hydrogens (primary N) is 2. The standard InChI is InChI=1S/C16H14N2/c17-16(18)10-15-13-7-3-1-5-11(13)9-12-6-2-4-8-14(12)15/h1-10H,17-18H2. The summed E-state index contributed by atoms with van der Waals surface area (Å²) < 4.78 is 0. The Morgan fingerprint density at radius 2 is 1.28 bits per heavy atom. The van der Waals surface area contributed by atoms with Gasteiger partial charge < -0.3 is 11.5 Å². The van der Waals surface area contributed by atoms with E-state index in [2.05, 4.69) is 30.3 Å². The zero-order valence-electron chi connectivity index (χ0n) is 9.93. The first-order chi connectivity index (χ1) is 8.75. The van der Waals surface area contributed by atoms with Crippen molar-refractivity contribution in [3.05, 3.63) is 66.0 Å². The summed E-state index contributed by atoms with van der Waals surface area (Å²) in [5.41, 5.74) is 12.4. The van der Waals surface area contributed by atoms with Crippen molar-refractivity contribution in [1.29, 1.82) is 0 Å². The number of fused-ring (bicyclic) bond motifs is 2. The second-order valence-electron chi connectivity index (χ2n) is 4.38. The van der Waals surface area contributed by atoms with E-state index in [-0.39, 0.29) is 0 Å². The van der Waals surface area contributed by atoms with E-state index >= 15 is 0 Å². The molecule has 0 aromatic heterocycles. The Bertz CT molecular complexity index is 699. The Kier molecular flexibility index (Phi) is 2.41. The Labute approximate surface area is 106 Å². The van der Waals surface area contributed by atoms with E-state index in [1.54, 1.807) is 0 Å². The number of benzene rings is 3. The molecule has 0 fully saturated rings. The molecule has 4 N–H and O–H groups in total. The molecule has 0 aliphatic carbocycles. The van der Waals surface area contributed by atoms with Crippen LogP contribution in [0.4, 0.5) is 0 Å². The number of rotatable bonds is 1. The maximum atomic E-state index is 5.65. The predicted octanol–water partition coefficient (Wildman–Crippen LogP) is 3.21. The predicted molar refractivity (Wildman–Crippen MR) is 77.8 cm³/mol. The molecule has 0 heterocycles. The average molecular weight is 234 g/mol. The molecular formula is C16H14N2. The summed E-state index contributed by atoms with van der Waals surface area (Å²) in [5.74, 6) is 0.330. The lowest BCUT2D eigenvalue weighted by Gasteiger charge is -2.08. The van der Waals surface area contributed by atoms with Gasteiger partial charge in [0.1, 0.15) is 0 Å². The van der Waals surface area contributed by atoms with Gasteiger partial charge in [-0.15, -0.1) is 0 Å². The third-order valence-corrected chi connectivity index (χ3v) is 3.12. The fourth-order valence-corrected chi connectivity index (χ4v) is 2.37. The molecule has 0 saturated heterocycles. The summed E-state index contributed by atoms with van der Waals surface area (Å²) >= 11 is 0. The molecule has 2 heteroatoms. The number of hydrogen-bond donors (Lipinski definition) is 2. The molecule has 0 aliphatic heterocycles. The molecular weight excluding hydrogens is 220 g/mol. The van der Waals surface area contributed by atoms with Crippen molar-refractivity contribution in [3.8, 4) is 0 Å². The normalized spacial score (nSPS) is 10.7. The summed E-state index contributed by atoms with van der Waals surface area (Å²) in [6, 6.07) is 18.7. The molecule has 3 aromatic rings. The molecule has 88 valence electrons. The van der Waals surface area contributed by atoms with E-state index in [0.29, 0.717) is 5.82 Å². The minimum atomic E-state index is 0.330. The Balaban J connectivity index is 2.53. The minimum Gasteiger partial charge on any atom is -0.386 e. The van der Waals surface area contributed by atoms with Gasteiger partial charge in [-0.25, -0.2) is 0 Å². The van der Waals surface area contributed by atoms with Crippen molar-refractivity contribution in [2.45, 2.75) is 0 Å². The summed E-state index contributed by atoms with van der Waals surface area (Å²) in [6.45, 7) is 0. The van der Waals surface area contributed by atoms with Crippen LogP contribution < -0.4 is 11.5 Å². The van der Waals surface area contributed by atoms with Crippen LogP contribution in [0.5, 0.6) is 0 Å². The van der Waals surface area contributed by atoms with Crippen molar-refractivity contribution < 1.29 is 0 Å². The van der Waals surface area contributed by atoms with Gasteiger partial charge in [-0.1, -0.05) is 48.5 Å². The van der Waals surface area contributed by atoms with Gasteiger partial charge in [0.05, 0.1) is 5.82 Å². The van der Waals surface area contributed by atoms with Crippen LogP contribution in [-0.4, -0.2) is 0 Å². The van der Waals surface area contributed by atoms with Gasteiger partial charge in [-0.3, -0.25) is 0 Å². The molecule has 0 aliphatic rings. The first-order valence-corrected chi connectivity index (χ1v) is 5.89. The van der Waals surface area contributed by atoms with Crippen LogP contribution >= 0.6 is 0 Å². The van der Waals surface area contributed by atoms with E-state index in [1.165, 1.54) is 21.5 Å². The van der Waals surface area contributed by atoms with Crippen LogP contribution in [0.25, 0.3) is 27.6 Å². The Hall–Kier alpha value is -2.48. The average Bonchev–Trinajstić information content (AvgIpc) is 2.38. The maximum Gasteiger partial charge on any atom is 0.0940 e. The molecule has 3 aromatic carbocycles. The van der Waals surface area contributed by atoms with Gasteiger partial charge >= 0.3 is 0 Å². The SMILES string of the molecule is NC(N)=Cc1c2ccccc2cc2ccccc12. The van der Waals surface area contributed by atoms with E-state index in [0.717, 1.165) is 5.56 Å². The largest absolute Gasteiger partial charge is 0.386 e. The lowest BCUT2D eigenvalue weighted by molar-refractivity contribution is 1.28. The summed E-state index contributed by atoms with van der Waals surface area (Å²) in [7, 11) is 0. The Morgan fingerprint density at radius 3 is 1.78 bits per heavy atom. The van der Waals surface area contributed by atoms with E-state index in [1.807, 2.05) is 30.3 Å². The Morgan fingerprint density at radius 1 is 0.778 bits per heavy atom. The van der Waals surface area contributed by atoms with Gasteiger partial charge in [0.25, 0.3) is 0 Å². The van der Waals surface area contributed by atoms with Crippen LogP contribution in [0.15, 0.2) is 60.4 Å². The van der Waals surface area contributed by atoms with Crippen molar-refractivity contribution in [1.82, 2.24) is 0 Å². The smallest absolute Gasteiger partial charge is 0.0940 e. The molecule has 0 spiro atoms. The van der Waals surface area contributed by atoms with Gasteiger partial charge in [-0.2, -0.15) is 0 Å². The molecule has 2 nitrogen and oxygen atoms in total. The molecule has 0 radical (unpaired) electrons. The molecule has 0 saturated carbocycles. The molecule has 0 atom stereocenters. The quantitative estimate of drug-likeness (QED) is 0.635. The maximum absolute atomic E-state index is 5.65. The summed E-state index contributed by atoms with van der Waals surface area (Å²) in [4.78, 5) is 0. The van der Waals surface area contributed by atoms with Gasteiger partial charge in [0.2, 0.25) is 0 Å². The third kappa shape index (κ3) is 1.68. The van der Waals surface area contributed by atoms with Crippen LogP contribution in [0.2, 0.25) is 0 Å². The van der Waals surface area contributed by atoms with Crippen molar-refractivity contribution in [2.24, 2.45) is 11.5 Å². The van der Waals surface area contributed by atoms with Crippen molar-refractivity contribution in [2.75, 3.05) is 0 Å². The lowest BCUT2D eigenvalue weighted by Crippen LogP contribution is -2.07. The van der Waals surface area contributed by atoms with Crippen LogP contribution in [0.1, 0.15) is 5.56 Å². The van der Waals surface area contributed by atoms with Crippen LogP contribution in [0.3, 0.4) is 0 Å². The highest BCUT2D eigenvalue weighted by Gasteiger charge is 2.04. The molecule has 0 amide bonds. The van der Waals surface area contributed by atoms with Crippen molar-refractivity contribution in [3.63, 3.8) is 0 Å². The van der Waals surface area contributed by atoms with Crippen LogP contribution in [-0.2, 0) is 0 Å². The lowest BCUT2D eigenvalue weighted by atomic mass is 9.96. The fourth-order valence-electron chi connectivity index (χ4n) is 2.37. The molecule has 18 heavy (non-hydrogen) atoms.